The van der Waals surface area contributed by atoms with E-state index in [1.807, 2.05) is 13.1 Å². The van der Waals surface area contributed by atoms with Crippen LogP contribution in [0.5, 0.6) is 0 Å². The zero-order valence-electron chi connectivity index (χ0n) is 9.38. The molecule has 0 atom stereocenters. The number of halogens is 1. The van der Waals surface area contributed by atoms with Crippen molar-refractivity contribution in [3.63, 3.8) is 0 Å². The predicted molar refractivity (Wildman–Crippen MR) is 66.4 cm³/mol. The van der Waals surface area contributed by atoms with Crippen LogP contribution in [0.3, 0.4) is 0 Å². The second-order valence-electron chi connectivity index (χ2n) is 3.81. The first kappa shape index (κ1) is 12.1. The summed E-state index contributed by atoms with van der Waals surface area (Å²) in [6, 6.07) is 4.81. The quantitative estimate of drug-likeness (QED) is 0.841. The van der Waals surface area contributed by atoms with Gasteiger partial charge in [0.25, 0.3) is 0 Å². The predicted octanol–water partition coefficient (Wildman–Crippen LogP) is 2.24. The summed E-state index contributed by atoms with van der Waals surface area (Å²) in [5, 5.41) is 0.219. The summed E-state index contributed by atoms with van der Waals surface area (Å²) in [5.41, 5.74) is 1.66. The molecule has 1 heterocycles. The van der Waals surface area contributed by atoms with Gasteiger partial charge in [0.2, 0.25) is 0 Å². The maximum atomic E-state index is 11.4. The van der Waals surface area contributed by atoms with Gasteiger partial charge in [-0.25, -0.2) is 13.4 Å². The van der Waals surface area contributed by atoms with Crippen LogP contribution >= 0.6 is 11.6 Å². The van der Waals surface area contributed by atoms with E-state index in [9.17, 15) is 8.42 Å². The molecule has 0 saturated heterocycles. The molecule has 1 aromatic carbocycles. The van der Waals surface area contributed by atoms with Crippen LogP contribution in [0.4, 0.5) is 0 Å². The summed E-state index contributed by atoms with van der Waals surface area (Å²) >= 11 is 5.96. The molecule has 0 bridgehead atoms. The molecule has 4 nitrogen and oxygen atoms in total. The molecule has 0 aliphatic heterocycles. The Labute approximate surface area is 105 Å². The van der Waals surface area contributed by atoms with Crippen molar-refractivity contribution in [1.29, 1.82) is 0 Å². The number of hydrogen-bond acceptors (Lipinski definition) is 3. The molecule has 1 aromatic heterocycles. The summed E-state index contributed by atoms with van der Waals surface area (Å²) in [7, 11) is -3.28. The van der Waals surface area contributed by atoms with Crippen molar-refractivity contribution in [2.75, 3.05) is 6.26 Å². The number of rotatable bonds is 2. The molecule has 2 rings (SSSR count). The summed E-state index contributed by atoms with van der Waals surface area (Å²) < 4.78 is 24.6. The lowest BCUT2D eigenvalue weighted by atomic mass is 10.3. The van der Waals surface area contributed by atoms with E-state index in [1.54, 1.807) is 23.0 Å². The fourth-order valence-corrected chi connectivity index (χ4v) is 2.84. The molecule has 0 radical (unpaired) electrons. The van der Waals surface area contributed by atoms with Gasteiger partial charge in [0.1, 0.15) is 0 Å². The standard InChI is InChI=1S/C11H11ClN2O2S/c1-8-6-14(7-13-8)9-3-4-11(10(12)5-9)17(2,15)16/h3-7H,1-2H3. The lowest BCUT2D eigenvalue weighted by Crippen LogP contribution is -1.99. The van der Waals surface area contributed by atoms with Gasteiger partial charge in [-0.3, -0.25) is 0 Å². The van der Waals surface area contributed by atoms with Gasteiger partial charge in [-0.1, -0.05) is 11.6 Å². The second kappa shape index (κ2) is 4.16. The average molecular weight is 271 g/mol. The molecule has 0 aliphatic rings. The summed E-state index contributed by atoms with van der Waals surface area (Å²) in [5.74, 6) is 0. The van der Waals surface area contributed by atoms with Gasteiger partial charge < -0.3 is 4.57 Å². The van der Waals surface area contributed by atoms with Crippen LogP contribution in [-0.4, -0.2) is 24.2 Å². The van der Waals surface area contributed by atoms with Crippen LogP contribution in [-0.2, 0) is 9.84 Å². The van der Waals surface area contributed by atoms with Gasteiger partial charge >= 0.3 is 0 Å². The molecule has 0 spiro atoms. The lowest BCUT2D eigenvalue weighted by Gasteiger charge is -2.06. The molecule has 0 N–H and O–H groups in total. The number of sulfone groups is 1. The number of nitrogens with zero attached hydrogens (tertiary/aromatic N) is 2. The SMILES string of the molecule is Cc1cn(-c2ccc(S(C)(=O)=O)c(Cl)c2)cn1. The first-order chi connectivity index (χ1) is 7.88. The van der Waals surface area contributed by atoms with Crippen LogP contribution in [0.1, 0.15) is 5.69 Å². The van der Waals surface area contributed by atoms with Gasteiger partial charge in [-0.15, -0.1) is 0 Å². The van der Waals surface area contributed by atoms with E-state index in [0.717, 1.165) is 17.6 Å². The van der Waals surface area contributed by atoms with E-state index in [4.69, 9.17) is 11.6 Å². The molecule has 6 heteroatoms. The van der Waals surface area contributed by atoms with Gasteiger partial charge in [-0.05, 0) is 25.1 Å². The molecule has 0 saturated carbocycles. The minimum Gasteiger partial charge on any atom is -0.306 e. The lowest BCUT2D eigenvalue weighted by molar-refractivity contribution is 0.602. The molecule has 0 unspecified atom stereocenters. The minimum atomic E-state index is -3.28. The largest absolute Gasteiger partial charge is 0.306 e. The van der Waals surface area contributed by atoms with Gasteiger partial charge in [0, 0.05) is 18.1 Å². The van der Waals surface area contributed by atoms with E-state index in [2.05, 4.69) is 4.98 Å². The maximum absolute atomic E-state index is 11.4. The summed E-state index contributed by atoms with van der Waals surface area (Å²) in [6.07, 6.45) is 4.63. The Hall–Kier alpha value is -1.33. The fourth-order valence-electron chi connectivity index (χ4n) is 1.51. The van der Waals surface area contributed by atoms with E-state index in [1.165, 1.54) is 6.07 Å². The topological polar surface area (TPSA) is 52.0 Å². The smallest absolute Gasteiger partial charge is 0.176 e. The fraction of sp³-hybridized carbons (Fsp3) is 0.182. The highest BCUT2D eigenvalue weighted by Gasteiger charge is 2.12. The third-order valence-corrected chi connectivity index (χ3v) is 3.90. The van der Waals surface area contributed by atoms with E-state index >= 15 is 0 Å². The highest BCUT2D eigenvalue weighted by atomic mass is 35.5. The van der Waals surface area contributed by atoms with Gasteiger partial charge in [0.05, 0.1) is 21.9 Å². The molecule has 17 heavy (non-hydrogen) atoms. The molecule has 90 valence electrons. The third kappa shape index (κ3) is 2.50. The molecule has 0 amide bonds. The van der Waals surface area contributed by atoms with Crippen molar-refractivity contribution in [3.8, 4) is 5.69 Å². The van der Waals surface area contributed by atoms with E-state index in [-0.39, 0.29) is 9.92 Å². The Morgan fingerprint density at radius 1 is 1.35 bits per heavy atom. The van der Waals surface area contributed by atoms with Crippen molar-refractivity contribution >= 4 is 21.4 Å². The number of aryl methyl sites for hydroxylation is 1. The van der Waals surface area contributed by atoms with Crippen LogP contribution in [0.25, 0.3) is 5.69 Å². The zero-order valence-corrected chi connectivity index (χ0v) is 11.0. The Bertz CT molecular complexity index is 662. The number of benzene rings is 1. The van der Waals surface area contributed by atoms with Crippen LogP contribution < -0.4 is 0 Å². The molecule has 2 aromatic rings. The molecular formula is C11H11ClN2O2S. The highest BCUT2D eigenvalue weighted by Crippen LogP contribution is 2.24. The van der Waals surface area contributed by atoms with Crippen LogP contribution in [0.15, 0.2) is 35.6 Å². The minimum absolute atomic E-state index is 0.139. The third-order valence-electron chi connectivity index (χ3n) is 2.32. The Kier molecular flexibility index (Phi) is 2.97. The van der Waals surface area contributed by atoms with Crippen LogP contribution in [0, 0.1) is 6.92 Å². The van der Waals surface area contributed by atoms with Gasteiger partial charge in [-0.2, -0.15) is 0 Å². The normalized spacial score (nSPS) is 11.7. The van der Waals surface area contributed by atoms with E-state index in [0.29, 0.717) is 0 Å². The van der Waals surface area contributed by atoms with Crippen molar-refractivity contribution in [2.45, 2.75) is 11.8 Å². The zero-order chi connectivity index (χ0) is 12.6. The number of hydrogen-bond donors (Lipinski definition) is 0. The molecule has 0 fully saturated rings. The first-order valence-electron chi connectivity index (χ1n) is 4.88. The Morgan fingerprint density at radius 2 is 2.06 bits per heavy atom. The second-order valence-corrected chi connectivity index (χ2v) is 6.20. The Morgan fingerprint density at radius 3 is 2.53 bits per heavy atom. The maximum Gasteiger partial charge on any atom is 0.176 e. The van der Waals surface area contributed by atoms with E-state index < -0.39 is 9.84 Å². The van der Waals surface area contributed by atoms with Crippen molar-refractivity contribution < 1.29 is 8.42 Å². The average Bonchev–Trinajstić information content (AvgIpc) is 2.62. The van der Waals surface area contributed by atoms with Crippen molar-refractivity contribution in [1.82, 2.24) is 9.55 Å². The summed E-state index contributed by atoms with van der Waals surface area (Å²) in [4.78, 5) is 4.23. The first-order valence-corrected chi connectivity index (χ1v) is 7.15. The molecular weight excluding hydrogens is 260 g/mol. The van der Waals surface area contributed by atoms with Crippen molar-refractivity contribution in [2.24, 2.45) is 0 Å². The molecule has 0 aliphatic carbocycles. The van der Waals surface area contributed by atoms with Crippen LogP contribution in [0.2, 0.25) is 5.02 Å². The van der Waals surface area contributed by atoms with Crippen molar-refractivity contribution in [3.05, 3.63) is 41.4 Å². The van der Waals surface area contributed by atoms with Gasteiger partial charge in [0.15, 0.2) is 9.84 Å². The Balaban J connectivity index is 2.52. The number of aromatic nitrogens is 2. The number of imidazole rings is 1. The highest BCUT2D eigenvalue weighted by molar-refractivity contribution is 7.90. The summed E-state index contributed by atoms with van der Waals surface area (Å²) in [6.45, 7) is 1.88. The monoisotopic (exact) mass is 270 g/mol.